The SMILES string of the molecule is COC(=O)C1=C(C)N(CC2CCCO2)C(=O)C1=Cc1ccccc1C(F)(F)F. The van der Waals surface area contributed by atoms with Crippen LogP contribution in [-0.4, -0.2) is 43.1 Å². The van der Waals surface area contributed by atoms with Crippen molar-refractivity contribution < 1.29 is 32.2 Å². The molecule has 150 valence electrons. The van der Waals surface area contributed by atoms with Crippen molar-refractivity contribution >= 4 is 18.0 Å². The number of carbonyl (C=O) groups excluding carboxylic acids is 2. The molecule has 1 aromatic carbocycles. The lowest BCUT2D eigenvalue weighted by Crippen LogP contribution is -2.33. The molecule has 0 saturated carbocycles. The maximum Gasteiger partial charge on any atom is 0.416 e. The van der Waals surface area contributed by atoms with Gasteiger partial charge >= 0.3 is 12.1 Å². The fourth-order valence-corrected chi connectivity index (χ4v) is 3.48. The summed E-state index contributed by atoms with van der Waals surface area (Å²) in [4.78, 5) is 26.6. The quantitative estimate of drug-likeness (QED) is 0.578. The van der Waals surface area contributed by atoms with E-state index in [1.807, 2.05) is 0 Å². The smallest absolute Gasteiger partial charge is 0.416 e. The zero-order valence-electron chi connectivity index (χ0n) is 15.5. The van der Waals surface area contributed by atoms with E-state index in [1.54, 1.807) is 6.92 Å². The van der Waals surface area contributed by atoms with Crippen LogP contribution in [0.2, 0.25) is 0 Å². The molecule has 2 heterocycles. The second-order valence-corrected chi connectivity index (χ2v) is 6.65. The number of hydrogen-bond donors (Lipinski definition) is 0. The molecule has 0 aromatic heterocycles. The Morgan fingerprint density at radius 1 is 1.36 bits per heavy atom. The maximum atomic E-state index is 13.3. The summed E-state index contributed by atoms with van der Waals surface area (Å²) in [6, 6.07) is 4.91. The molecule has 0 spiro atoms. The number of esters is 1. The van der Waals surface area contributed by atoms with Crippen LogP contribution in [-0.2, 0) is 25.2 Å². The molecule has 2 aliphatic heterocycles. The zero-order valence-corrected chi connectivity index (χ0v) is 15.5. The Bertz CT molecular complexity index is 851. The van der Waals surface area contributed by atoms with Gasteiger partial charge in [-0.3, -0.25) is 4.79 Å². The Morgan fingerprint density at radius 3 is 2.68 bits per heavy atom. The highest BCUT2D eigenvalue weighted by Crippen LogP contribution is 2.36. The molecule has 0 N–H and O–H groups in total. The van der Waals surface area contributed by atoms with Gasteiger partial charge in [-0.05, 0) is 37.5 Å². The number of nitrogens with zero attached hydrogens (tertiary/aromatic N) is 1. The summed E-state index contributed by atoms with van der Waals surface area (Å²) in [7, 11) is 1.16. The summed E-state index contributed by atoms with van der Waals surface area (Å²) < 4.78 is 50.3. The van der Waals surface area contributed by atoms with Crippen LogP contribution in [0.1, 0.15) is 30.9 Å². The first kappa shape index (κ1) is 20.1. The van der Waals surface area contributed by atoms with Crippen molar-refractivity contribution in [3.8, 4) is 0 Å². The molecule has 5 nitrogen and oxygen atoms in total. The Labute approximate surface area is 160 Å². The first-order valence-corrected chi connectivity index (χ1v) is 8.85. The van der Waals surface area contributed by atoms with Crippen LogP contribution in [0.15, 0.2) is 41.1 Å². The largest absolute Gasteiger partial charge is 0.465 e. The number of alkyl halides is 3. The number of hydrogen-bond acceptors (Lipinski definition) is 4. The Hall–Kier alpha value is -2.61. The summed E-state index contributed by atoms with van der Waals surface area (Å²) in [6.45, 7) is 2.42. The molecule has 0 bridgehead atoms. The van der Waals surface area contributed by atoms with Crippen molar-refractivity contribution in [1.29, 1.82) is 0 Å². The predicted molar refractivity (Wildman–Crippen MR) is 94.8 cm³/mol. The number of allylic oxidation sites excluding steroid dienone is 1. The number of halogens is 3. The summed E-state index contributed by atoms with van der Waals surface area (Å²) in [6.07, 6.45) is -1.99. The van der Waals surface area contributed by atoms with Crippen LogP contribution in [0.3, 0.4) is 0 Å². The molecule has 1 saturated heterocycles. The molecule has 1 unspecified atom stereocenters. The van der Waals surface area contributed by atoms with Crippen molar-refractivity contribution in [3.63, 3.8) is 0 Å². The number of rotatable bonds is 4. The summed E-state index contributed by atoms with van der Waals surface area (Å²) in [5, 5.41) is 0. The standard InChI is InChI=1S/C20H20F3NO4/c1-12-17(19(26)27-2)15(18(25)24(12)11-14-7-5-9-28-14)10-13-6-3-4-8-16(13)20(21,22)23/h3-4,6,8,10,14H,5,7,9,11H2,1-2H3. The van der Waals surface area contributed by atoms with Crippen molar-refractivity contribution in [2.45, 2.75) is 32.0 Å². The minimum absolute atomic E-state index is 0.0255. The van der Waals surface area contributed by atoms with Crippen LogP contribution in [0.5, 0.6) is 0 Å². The monoisotopic (exact) mass is 395 g/mol. The topological polar surface area (TPSA) is 55.8 Å². The van der Waals surface area contributed by atoms with Gasteiger partial charge in [0.25, 0.3) is 5.91 Å². The minimum atomic E-state index is -4.59. The van der Waals surface area contributed by atoms with Crippen LogP contribution in [0.4, 0.5) is 13.2 Å². The van der Waals surface area contributed by atoms with Crippen LogP contribution < -0.4 is 0 Å². The van der Waals surface area contributed by atoms with E-state index in [0.29, 0.717) is 12.3 Å². The molecule has 1 fully saturated rings. The number of ether oxygens (including phenoxy) is 2. The van der Waals surface area contributed by atoms with Crippen LogP contribution in [0.25, 0.3) is 6.08 Å². The minimum Gasteiger partial charge on any atom is -0.465 e. The molecule has 28 heavy (non-hydrogen) atoms. The highest BCUT2D eigenvalue weighted by Gasteiger charge is 2.39. The molecule has 1 aromatic rings. The molecule has 8 heteroatoms. The highest BCUT2D eigenvalue weighted by molar-refractivity contribution is 6.16. The molecule has 2 aliphatic rings. The lowest BCUT2D eigenvalue weighted by atomic mass is 10.00. The van der Waals surface area contributed by atoms with Crippen molar-refractivity contribution in [2.24, 2.45) is 0 Å². The third-order valence-electron chi connectivity index (χ3n) is 4.88. The van der Waals surface area contributed by atoms with E-state index in [4.69, 9.17) is 9.47 Å². The normalized spacial score (nSPS) is 21.8. The van der Waals surface area contributed by atoms with E-state index in [0.717, 1.165) is 32.1 Å². The third-order valence-corrected chi connectivity index (χ3v) is 4.88. The second kappa shape index (κ2) is 7.79. The van der Waals surface area contributed by atoms with Gasteiger partial charge in [-0.1, -0.05) is 18.2 Å². The highest BCUT2D eigenvalue weighted by atomic mass is 19.4. The average molecular weight is 395 g/mol. The summed E-state index contributed by atoms with van der Waals surface area (Å²) in [5.74, 6) is -1.30. The number of amides is 1. The maximum absolute atomic E-state index is 13.3. The van der Waals surface area contributed by atoms with E-state index >= 15 is 0 Å². The third kappa shape index (κ3) is 3.82. The Balaban J connectivity index is 2.05. The molecule has 1 amide bonds. The fourth-order valence-electron chi connectivity index (χ4n) is 3.48. The predicted octanol–water partition coefficient (Wildman–Crippen LogP) is 3.56. The fraction of sp³-hybridized carbons (Fsp3) is 0.400. The van der Waals surface area contributed by atoms with E-state index in [1.165, 1.54) is 23.1 Å². The van der Waals surface area contributed by atoms with Crippen molar-refractivity contribution in [3.05, 3.63) is 52.2 Å². The number of methoxy groups -OCH3 is 1. The molecule has 0 radical (unpaired) electrons. The van der Waals surface area contributed by atoms with Crippen LogP contribution in [0, 0.1) is 0 Å². The van der Waals surface area contributed by atoms with E-state index < -0.39 is 23.6 Å². The number of carbonyl (C=O) groups is 2. The Morgan fingerprint density at radius 2 is 2.07 bits per heavy atom. The molecule has 0 aliphatic carbocycles. The van der Waals surface area contributed by atoms with Gasteiger partial charge in [0.15, 0.2) is 0 Å². The zero-order chi connectivity index (χ0) is 20.5. The van der Waals surface area contributed by atoms with E-state index in [2.05, 4.69) is 0 Å². The molecular formula is C20H20F3NO4. The number of benzene rings is 1. The molecule has 3 rings (SSSR count). The van der Waals surface area contributed by atoms with Gasteiger partial charge in [-0.25, -0.2) is 4.79 Å². The molecule has 1 atom stereocenters. The van der Waals surface area contributed by atoms with Gasteiger partial charge in [0.05, 0.1) is 36.5 Å². The van der Waals surface area contributed by atoms with Crippen LogP contribution >= 0.6 is 0 Å². The van der Waals surface area contributed by atoms with Gasteiger partial charge in [0.2, 0.25) is 0 Å². The van der Waals surface area contributed by atoms with Gasteiger partial charge in [0.1, 0.15) is 0 Å². The average Bonchev–Trinajstić information content (AvgIpc) is 3.24. The summed E-state index contributed by atoms with van der Waals surface area (Å²) in [5.41, 5.74) is -0.856. The lowest BCUT2D eigenvalue weighted by molar-refractivity contribution is -0.138. The lowest BCUT2D eigenvalue weighted by Gasteiger charge is -2.21. The van der Waals surface area contributed by atoms with Gasteiger partial charge < -0.3 is 14.4 Å². The Kier molecular flexibility index (Phi) is 5.60. The van der Waals surface area contributed by atoms with Crippen molar-refractivity contribution in [1.82, 2.24) is 4.90 Å². The molecular weight excluding hydrogens is 375 g/mol. The first-order valence-electron chi connectivity index (χ1n) is 8.85. The second-order valence-electron chi connectivity index (χ2n) is 6.65. The van der Waals surface area contributed by atoms with Gasteiger partial charge in [0, 0.05) is 12.3 Å². The van der Waals surface area contributed by atoms with E-state index in [9.17, 15) is 22.8 Å². The van der Waals surface area contributed by atoms with E-state index in [-0.39, 0.29) is 29.4 Å². The summed E-state index contributed by atoms with van der Waals surface area (Å²) >= 11 is 0. The van der Waals surface area contributed by atoms with Crippen molar-refractivity contribution in [2.75, 3.05) is 20.3 Å². The van der Waals surface area contributed by atoms with Gasteiger partial charge in [-0.2, -0.15) is 13.2 Å². The van der Waals surface area contributed by atoms with Gasteiger partial charge in [-0.15, -0.1) is 0 Å². The first-order chi connectivity index (χ1) is 13.2.